The van der Waals surface area contributed by atoms with Crippen LogP contribution in [0.2, 0.25) is 0 Å². The van der Waals surface area contributed by atoms with E-state index in [9.17, 15) is 19.2 Å². The normalized spacial score (nSPS) is 12.1. The summed E-state index contributed by atoms with van der Waals surface area (Å²) in [7, 11) is 0. The Labute approximate surface area is 137 Å². The number of carbonyl (C=O) groups excluding carboxylic acids is 1. The smallest absolute Gasteiger partial charge is 0.329 e. The number of aromatic nitrogens is 2. The average Bonchev–Trinajstić information content (AvgIpc) is 2.55. The summed E-state index contributed by atoms with van der Waals surface area (Å²) >= 11 is 0. The lowest BCUT2D eigenvalue weighted by Crippen LogP contribution is -2.47. The van der Waals surface area contributed by atoms with Crippen LogP contribution in [0.4, 0.5) is 0 Å². The van der Waals surface area contributed by atoms with E-state index in [1.807, 2.05) is 6.92 Å². The van der Waals surface area contributed by atoms with Gasteiger partial charge in [-0.3, -0.25) is 19.0 Å². The highest BCUT2D eigenvalue weighted by Gasteiger charge is 2.23. The maximum atomic E-state index is 12.4. The van der Waals surface area contributed by atoms with E-state index >= 15 is 0 Å². The maximum Gasteiger partial charge on any atom is 0.329 e. The van der Waals surface area contributed by atoms with Gasteiger partial charge >= 0.3 is 11.7 Å². The van der Waals surface area contributed by atoms with Crippen LogP contribution in [0.5, 0.6) is 0 Å². The van der Waals surface area contributed by atoms with Gasteiger partial charge in [-0.1, -0.05) is 19.1 Å². The van der Waals surface area contributed by atoms with Crippen molar-refractivity contribution in [2.24, 2.45) is 0 Å². The lowest BCUT2D eigenvalue weighted by molar-refractivity contribution is -0.146. The number of benzene rings is 1. The van der Waals surface area contributed by atoms with Crippen molar-refractivity contribution < 1.29 is 14.7 Å². The molecule has 1 atom stereocenters. The first-order chi connectivity index (χ1) is 11.3. The zero-order valence-corrected chi connectivity index (χ0v) is 13.5. The number of aromatic amines is 1. The molecule has 24 heavy (non-hydrogen) atoms. The van der Waals surface area contributed by atoms with Crippen LogP contribution in [0, 0.1) is 0 Å². The van der Waals surface area contributed by atoms with Crippen molar-refractivity contribution in [2.45, 2.75) is 32.9 Å². The maximum absolute atomic E-state index is 12.4. The Balaban J connectivity index is 2.40. The van der Waals surface area contributed by atoms with Crippen LogP contribution in [0.15, 0.2) is 33.9 Å². The molecule has 0 spiro atoms. The van der Waals surface area contributed by atoms with E-state index in [0.29, 0.717) is 17.3 Å². The van der Waals surface area contributed by atoms with Crippen molar-refractivity contribution in [1.82, 2.24) is 14.5 Å². The molecule has 1 heterocycles. The van der Waals surface area contributed by atoms with E-state index in [-0.39, 0.29) is 6.04 Å². The molecule has 1 aromatic carbocycles. The van der Waals surface area contributed by atoms with Crippen molar-refractivity contribution in [3.63, 3.8) is 0 Å². The summed E-state index contributed by atoms with van der Waals surface area (Å²) in [5.41, 5.74) is -0.894. The standard InChI is InChI=1S/C16H19N3O5/c1-3-10(2)18(9-14(21)22)13(20)8-19-15(23)11-6-4-5-7-12(11)17-16(19)24/h4-7,10H,3,8-9H2,1-2H3,(H,17,24)(H,21,22). The lowest BCUT2D eigenvalue weighted by Gasteiger charge is -2.27. The van der Waals surface area contributed by atoms with E-state index in [1.165, 1.54) is 0 Å². The van der Waals surface area contributed by atoms with Gasteiger partial charge in [0.2, 0.25) is 5.91 Å². The topological polar surface area (TPSA) is 112 Å². The molecule has 0 saturated carbocycles. The first-order valence-corrected chi connectivity index (χ1v) is 7.58. The number of amides is 1. The molecule has 0 radical (unpaired) electrons. The first-order valence-electron chi connectivity index (χ1n) is 7.58. The number of carboxylic acids is 1. The zero-order chi connectivity index (χ0) is 17.9. The Kier molecular flexibility index (Phi) is 5.18. The summed E-state index contributed by atoms with van der Waals surface area (Å²) < 4.78 is 0.794. The molecule has 2 N–H and O–H groups in total. The van der Waals surface area contributed by atoms with Gasteiger partial charge in [0, 0.05) is 6.04 Å². The van der Waals surface area contributed by atoms with E-state index < -0.39 is 36.2 Å². The number of hydrogen-bond acceptors (Lipinski definition) is 4. The van der Waals surface area contributed by atoms with Crippen LogP contribution in [-0.4, -0.2) is 44.0 Å². The molecule has 0 aliphatic carbocycles. The van der Waals surface area contributed by atoms with Gasteiger partial charge in [0.25, 0.3) is 5.56 Å². The van der Waals surface area contributed by atoms with Gasteiger partial charge in [0.1, 0.15) is 13.1 Å². The van der Waals surface area contributed by atoms with Gasteiger partial charge in [0.05, 0.1) is 10.9 Å². The number of hydrogen-bond donors (Lipinski definition) is 2. The number of nitrogens with zero attached hydrogens (tertiary/aromatic N) is 2. The predicted octanol–water partition coefficient (Wildman–Crippen LogP) is 0.401. The number of rotatable bonds is 6. The zero-order valence-electron chi connectivity index (χ0n) is 13.5. The summed E-state index contributed by atoms with van der Waals surface area (Å²) in [6.07, 6.45) is 0.558. The predicted molar refractivity (Wildman–Crippen MR) is 87.9 cm³/mol. The third kappa shape index (κ3) is 3.53. The Hall–Kier alpha value is -2.90. The Morgan fingerprint density at radius 3 is 2.58 bits per heavy atom. The molecular formula is C16H19N3O5. The fourth-order valence-electron chi connectivity index (χ4n) is 2.42. The molecule has 2 rings (SSSR count). The van der Waals surface area contributed by atoms with Gasteiger partial charge in [-0.05, 0) is 25.5 Å². The van der Waals surface area contributed by atoms with Crippen LogP contribution in [0.25, 0.3) is 10.9 Å². The van der Waals surface area contributed by atoms with Crippen LogP contribution in [0.3, 0.4) is 0 Å². The molecule has 0 saturated heterocycles. The summed E-state index contributed by atoms with van der Waals surface area (Å²) in [5, 5.41) is 9.25. The minimum atomic E-state index is -1.15. The van der Waals surface area contributed by atoms with Crippen molar-refractivity contribution in [3.05, 3.63) is 45.1 Å². The Morgan fingerprint density at radius 1 is 1.29 bits per heavy atom. The van der Waals surface area contributed by atoms with Gasteiger partial charge in [-0.15, -0.1) is 0 Å². The van der Waals surface area contributed by atoms with Crippen LogP contribution in [0.1, 0.15) is 20.3 Å². The number of aliphatic carboxylic acids is 1. The highest BCUT2D eigenvalue weighted by molar-refractivity contribution is 5.82. The molecule has 0 aliphatic rings. The number of para-hydroxylation sites is 1. The molecule has 8 heteroatoms. The van der Waals surface area contributed by atoms with Crippen molar-refractivity contribution in [1.29, 1.82) is 0 Å². The van der Waals surface area contributed by atoms with E-state index in [0.717, 1.165) is 9.47 Å². The Bertz CT molecular complexity index is 883. The molecule has 0 aliphatic heterocycles. The highest BCUT2D eigenvalue weighted by atomic mass is 16.4. The van der Waals surface area contributed by atoms with Crippen LogP contribution in [-0.2, 0) is 16.1 Å². The summed E-state index contributed by atoms with van der Waals surface area (Å²) in [5.74, 6) is -1.74. The first kappa shape index (κ1) is 17.5. The van der Waals surface area contributed by atoms with Gasteiger partial charge in [0.15, 0.2) is 0 Å². The second-order valence-corrected chi connectivity index (χ2v) is 5.54. The number of nitrogens with one attached hydrogen (secondary N) is 1. The van der Waals surface area contributed by atoms with Gasteiger partial charge < -0.3 is 15.0 Å². The minimum absolute atomic E-state index is 0.290. The fourth-order valence-corrected chi connectivity index (χ4v) is 2.42. The van der Waals surface area contributed by atoms with E-state index in [4.69, 9.17) is 5.11 Å². The third-order valence-electron chi connectivity index (χ3n) is 3.93. The third-order valence-corrected chi connectivity index (χ3v) is 3.93. The Morgan fingerprint density at radius 2 is 1.96 bits per heavy atom. The summed E-state index contributed by atoms with van der Waals surface area (Å²) in [4.78, 5) is 51.6. The minimum Gasteiger partial charge on any atom is -0.480 e. The SMILES string of the molecule is CCC(C)N(CC(=O)O)C(=O)Cn1c(=O)[nH]c2ccccc2c1=O. The molecule has 1 unspecified atom stereocenters. The second-order valence-electron chi connectivity index (χ2n) is 5.54. The monoisotopic (exact) mass is 333 g/mol. The van der Waals surface area contributed by atoms with Crippen molar-refractivity contribution in [3.8, 4) is 0 Å². The molecule has 0 fully saturated rings. The largest absolute Gasteiger partial charge is 0.480 e. The molecule has 128 valence electrons. The molecule has 2 aromatic rings. The fraction of sp³-hybridized carbons (Fsp3) is 0.375. The second kappa shape index (κ2) is 7.12. The molecule has 1 amide bonds. The molecule has 1 aromatic heterocycles. The van der Waals surface area contributed by atoms with Crippen molar-refractivity contribution in [2.75, 3.05) is 6.54 Å². The van der Waals surface area contributed by atoms with Crippen molar-refractivity contribution >= 4 is 22.8 Å². The van der Waals surface area contributed by atoms with Gasteiger partial charge in [-0.25, -0.2) is 4.79 Å². The number of fused-ring (bicyclic) bond motifs is 1. The number of carbonyl (C=O) groups is 2. The number of carboxylic acid groups (broad SMARTS) is 1. The van der Waals surface area contributed by atoms with Gasteiger partial charge in [-0.2, -0.15) is 0 Å². The van der Waals surface area contributed by atoms with E-state index in [1.54, 1.807) is 31.2 Å². The summed E-state index contributed by atoms with van der Waals surface area (Å²) in [6.45, 7) is 2.56. The van der Waals surface area contributed by atoms with Crippen LogP contribution >= 0.6 is 0 Å². The molecule has 8 nitrogen and oxygen atoms in total. The summed E-state index contributed by atoms with van der Waals surface area (Å²) in [6, 6.07) is 6.18. The number of H-pyrrole nitrogens is 1. The highest BCUT2D eigenvalue weighted by Crippen LogP contribution is 2.06. The quantitative estimate of drug-likeness (QED) is 0.794. The molecule has 0 bridgehead atoms. The van der Waals surface area contributed by atoms with Crippen LogP contribution < -0.4 is 11.2 Å². The average molecular weight is 333 g/mol. The lowest BCUT2D eigenvalue weighted by atomic mass is 10.2. The van der Waals surface area contributed by atoms with E-state index in [2.05, 4.69) is 4.98 Å². The molecular weight excluding hydrogens is 314 g/mol.